The zero-order chi connectivity index (χ0) is 11.7. The molecular formula is C10H17N3O3. The van der Waals surface area contributed by atoms with E-state index in [1.807, 2.05) is 0 Å². The van der Waals surface area contributed by atoms with Crippen LogP contribution in [0.2, 0.25) is 0 Å². The molecule has 3 atom stereocenters. The summed E-state index contributed by atoms with van der Waals surface area (Å²) in [6.07, 6.45) is 1.38. The van der Waals surface area contributed by atoms with Crippen LogP contribution in [0.25, 0.3) is 0 Å². The average molecular weight is 227 g/mol. The first kappa shape index (κ1) is 11.3. The van der Waals surface area contributed by atoms with Crippen LogP contribution in [0.4, 0.5) is 0 Å². The molecule has 2 rings (SSSR count). The van der Waals surface area contributed by atoms with E-state index < -0.39 is 18.1 Å². The Morgan fingerprint density at radius 3 is 2.75 bits per heavy atom. The Hall–Kier alpha value is -1.14. The lowest BCUT2D eigenvalue weighted by Gasteiger charge is -2.25. The van der Waals surface area contributed by atoms with Crippen molar-refractivity contribution in [1.29, 1.82) is 0 Å². The molecule has 2 aliphatic rings. The maximum Gasteiger partial charge on any atom is 0.240 e. The number of carbonyl (C=O) groups is 2. The van der Waals surface area contributed by atoms with Crippen molar-refractivity contribution in [1.82, 2.24) is 10.2 Å². The summed E-state index contributed by atoms with van der Waals surface area (Å²) in [6.45, 7) is 1.04. The minimum Gasteiger partial charge on any atom is -0.391 e. The van der Waals surface area contributed by atoms with Crippen molar-refractivity contribution >= 4 is 11.8 Å². The third-order valence-electron chi connectivity index (χ3n) is 3.25. The van der Waals surface area contributed by atoms with Gasteiger partial charge in [0.25, 0.3) is 0 Å². The van der Waals surface area contributed by atoms with Crippen LogP contribution < -0.4 is 11.1 Å². The number of hydrogen-bond donors (Lipinski definition) is 3. The molecule has 16 heavy (non-hydrogen) atoms. The SMILES string of the molecule is NC(=O)C1CC(O)CN1C(=O)C1CCCN1. The van der Waals surface area contributed by atoms with Crippen molar-refractivity contribution in [2.75, 3.05) is 13.1 Å². The van der Waals surface area contributed by atoms with Crippen molar-refractivity contribution in [3.05, 3.63) is 0 Å². The summed E-state index contributed by atoms with van der Waals surface area (Å²) >= 11 is 0. The molecule has 2 aliphatic heterocycles. The number of aliphatic hydroxyl groups is 1. The number of rotatable bonds is 2. The number of nitrogens with one attached hydrogen (secondary N) is 1. The maximum atomic E-state index is 12.1. The van der Waals surface area contributed by atoms with E-state index in [9.17, 15) is 14.7 Å². The van der Waals surface area contributed by atoms with Crippen LogP contribution in [-0.2, 0) is 9.59 Å². The Morgan fingerprint density at radius 1 is 1.44 bits per heavy atom. The topological polar surface area (TPSA) is 95.7 Å². The van der Waals surface area contributed by atoms with Gasteiger partial charge in [-0.25, -0.2) is 0 Å². The minimum absolute atomic E-state index is 0.113. The van der Waals surface area contributed by atoms with Gasteiger partial charge in [-0.3, -0.25) is 9.59 Å². The zero-order valence-corrected chi connectivity index (χ0v) is 9.06. The van der Waals surface area contributed by atoms with Crippen LogP contribution in [0, 0.1) is 0 Å². The third kappa shape index (κ3) is 2.03. The van der Waals surface area contributed by atoms with Gasteiger partial charge >= 0.3 is 0 Å². The van der Waals surface area contributed by atoms with E-state index in [0.29, 0.717) is 0 Å². The summed E-state index contributed by atoms with van der Waals surface area (Å²) in [5.41, 5.74) is 5.22. The van der Waals surface area contributed by atoms with Gasteiger partial charge < -0.3 is 21.1 Å². The second-order valence-electron chi connectivity index (χ2n) is 4.45. The number of likely N-dealkylation sites (tertiary alicyclic amines) is 1. The van der Waals surface area contributed by atoms with Crippen LogP contribution in [0.15, 0.2) is 0 Å². The Labute approximate surface area is 93.8 Å². The van der Waals surface area contributed by atoms with Crippen LogP contribution in [0.3, 0.4) is 0 Å². The molecule has 2 fully saturated rings. The van der Waals surface area contributed by atoms with E-state index in [4.69, 9.17) is 5.73 Å². The van der Waals surface area contributed by atoms with E-state index in [1.54, 1.807) is 0 Å². The summed E-state index contributed by atoms with van der Waals surface area (Å²) in [7, 11) is 0. The first-order valence-corrected chi connectivity index (χ1v) is 5.61. The smallest absolute Gasteiger partial charge is 0.240 e. The molecule has 2 saturated heterocycles. The van der Waals surface area contributed by atoms with Crippen molar-refractivity contribution in [3.63, 3.8) is 0 Å². The van der Waals surface area contributed by atoms with Gasteiger partial charge in [-0.15, -0.1) is 0 Å². The summed E-state index contributed by atoms with van der Waals surface area (Å²) in [5.74, 6) is -0.652. The Bertz CT molecular complexity index is 302. The van der Waals surface area contributed by atoms with Crippen molar-refractivity contribution < 1.29 is 14.7 Å². The normalized spacial score (nSPS) is 34.3. The fourth-order valence-electron chi connectivity index (χ4n) is 2.42. The number of nitrogens with two attached hydrogens (primary N) is 1. The molecule has 90 valence electrons. The van der Waals surface area contributed by atoms with Gasteiger partial charge in [-0.1, -0.05) is 0 Å². The predicted octanol–water partition coefficient (Wildman–Crippen LogP) is -1.81. The van der Waals surface area contributed by atoms with Crippen LogP contribution in [0.5, 0.6) is 0 Å². The Kier molecular flexibility index (Phi) is 3.11. The van der Waals surface area contributed by atoms with E-state index in [2.05, 4.69) is 5.32 Å². The second-order valence-corrected chi connectivity index (χ2v) is 4.45. The second kappa shape index (κ2) is 4.39. The summed E-state index contributed by atoms with van der Waals surface area (Å²) < 4.78 is 0. The number of hydrogen-bond acceptors (Lipinski definition) is 4. The molecule has 3 unspecified atom stereocenters. The standard InChI is InChI=1S/C10H17N3O3/c11-9(15)8-4-6(14)5-13(8)10(16)7-2-1-3-12-7/h6-8,12,14H,1-5H2,(H2,11,15). The first-order valence-electron chi connectivity index (χ1n) is 5.61. The van der Waals surface area contributed by atoms with Crippen LogP contribution in [0.1, 0.15) is 19.3 Å². The lowest BCUT2D eigenvalue weighted by atomic mass is 10.1. The molecule has 0 aromatic rings. The number of carbonyl (C=O) groups excluding carboxylic acids is 2. The molecular weight excluding hydrogens is 210 g/mol. The van der Waals surface area contributed by atoms with Gasteiger partial charge in [0, 0.05) is 13.0 Å². The van der Waals surface area contributed by atoms with Crippen molar-refractivity contribution in [2.45, 2.75) is 37.5 Å². The number of nitrogens with zero attached hydrogens (tertiary/aromatic N) is 1. The van der Waals surface area contributed by atoms with Gasteiger partial charge in [0.05, 0.1) is 12.1 Å². The van der Waals surface area contributed by atoms with Gasteiger partial charge in [0.15, 0.2) is 0 Å². The lowest BCUT2D eigenvalue weighted by Crippen LogP contribution is -2.50. The molecule has 2 amide bonds. The number of primary amides is 1. The van der Waals surface area contributed by atoms with E-state index in [0.717, 1.165) is 19.4 Å². The van der Waals surface area contributed by atoms with Crippen molar-refractivity contribution in [2.24, 2.45) is 5.73 Å². The van der Waals surface area contributed by atoms with E-state index >= 15 is 0 Å². The largest absolute Gasteiger partial charge is 0.391 e. The quantitative estimate of drug-likeness (QED) is 0.518. The van der Waals surface area contributed by atoms with Gasteiger partial charge in [0.2, 0.25) is 11.8 Å². The Balaban J connectivity index is 2.06. The highest BCUT2D eigenvalue weighted by Crippen LogP contribution is 2.20. The van der Waals surface area contributed by atoms with Gasteiger partial charge in [-0.2, -0.15) is 0 Å². The number of β-amino-alcohol motifs (C(OH)–C–C–N with tert-alkyl or cyclic N) is 1. The predicted molar refractivity (Wildman–Crippen MR) is 56.3 cm³/mol. The molecule has 0 aromatic heterocycles. The summed E-state index contributed by atoms with van der Waals surface area (Å²) in [5, 5.41) is 12.6. The molecule has 0 bridgehead atoms. The monoisotopic (exact) mass is 227 g/mol. The molecule has 0 aliphatic carbocycles. The molecule has 6 heteroatoms. The summed E-state index contributed by atoms with van der Waals surface area (Å²) in [6, 6.07) is -0.864. The highest BCUT2D eigenvalue weighted by Gasteiger charge is 2.40. The summed E-state index contributed by atoms with van der Waals surface area (Å²) in [4.78, 5) is 24.6. The first-order chi connectivity index (χ1) is 7.59. The van der Waals surface area contributed by atoms with Crippen molar-refractivity contribution in [3.8, 4) is 0 Å². The molecule has 0 saturated carbocycles. The van der Waals surface area contributed by atoms with Gasteiger partial charge in [0.1, 0.15) is 6.04 Å². The maximum absolute atomic E-state index is 12.1. The fraction of sp³-hybridized carbons (Fsp3) is 0.800. The average Bonchev–Trinajstić information content (AvgIpc) is 2.84. The minimum atomic E-state index is -0.648. The zero-order valence-electron chi connectivity index (χ0n) is 9.06. The van der Waals surface area contributed by atoms with Crippen LogP contribution >= 0.6 is 0 Å². The highest BCUT2D eigenvalue weighted by molar-refractivity contribution is 5.89. The molecule has 6 nitrogen and oxygen atoms in total. The van der Waals surface area contributed by atoms with E-state index in [1.165, 1.54) is 4.90 Å². The molecule has 4 N–H and O–H groups in total. The lowest BCUT2D eigenvalue weighted by molar-refractivity contribution is -0.138. The molecule has 0 spiro atoms. The molecule has 0 aromatic carbocycles. The van der Waals surface area contributed by atoms with E-state index in [-0.39, 0.29) is 24.9 Å². The number of aliphatic hydroxyl groups excluding tert-OH is 1. The fourth-order valence-corrected chi connectivity index (χ4v) is 2.42. The third-order valence-corrected chi connectivity index (χ3v) is 3.25. The van der Waals surface area contributed by atoms with Gasteiger partial charge in [-0.05, 0) is 19.4 Å². The molecule has 2 heterocycles. The Morgan fingerprint density at radius 2 is 2.19 bits per heavy atom. The van der Waals surface area contributed by atoms with Crippen LogP contribution in [-0.4, -0.2) is 53.1 Å². The highest BCUT2D eigenvalue weighted by atomic mass is 16.3. The molecule has 0 radical (unpaired) electrons. The number of amides is 2.